The second kappa shape index (κ2) is 2.91. The topological polar surface area (TPSA) is 42.9 Å². The maximum atomic E-state index is 10.6. The number of carbonyl (C=O) groups is 1. The van der Waals surface area contributed by atoms with Crippen LogP contribution in [0.2, 0.25) is 0 Å². The van der Waals surface area contributed by atoms with Gasteiger partial charge in [0.2, 0.25) is 0 Å². The minimum absolute atomic E-state index is 0.616. The number of hydrogen-bond donors (Lipinski definition) is 0. The number of aromatic nitrogens is 2. The van der Waals surface area contributed by atoms with Crippen molar-refractivity contribution in [2.75, 3.05) is 0 Å². The van der Waals surface area contributed by atoms with E-state index in [-0.39, 0.29) is 0 Å². The number of rotatable bonds is 1. The molecule has 0 saturated heterocycles. The van der Waals surface area contributed by atoms with Crippen molar-refractivity contribution in [3.05, 3.63) is 21.1 Å². The Morgan fingerprint density at radius 3 is 2.67 bits per heavy atom. The SMILES string of the molecule is O=Cc1sc(Br)c2nccnc12. The van der Waals surface area contributed by atoms with Gasteiger partial charge in [-0.25, -0.2) is 0 Å². The summed E-state index contributed by atoms with van der Waals surface area (Å²) >= 11 is 4.67. The van der Waals surface area contributed by atoms with E-state index < -0.39 is 0 Å². The number of aldehydes is 1. The minimum atomic E-state index is 0.616. The Morgan fingerprint density at radius 2 is 2.00 bits per heavy atom. The van der Waals surface area contributed by atoms with E-state index in [0.29, 0.717) is 10.4 Å². The van der Waals surface area contributed by atoms with Crippen molar-refractivity contribution >= 4 is 44.6 Å². The predicted molar refractivity (Wildman–Crippen MR) is 50.5 cm³/mol. The molecule has 0 aliphatic heterocycles. The summed E-state index contributed by atoms with van der Waals surface area (Å²) < 4.78 is 0.854. The van der Waals surface area contributed by atoms with Crippen LogP contribution in [0.3, 0.4) is 0 Å². The average Bonchev–Trinajstić information content (AvgIpc) is 2.44. The van der Waals surface area contributed by atoms with E-state index in [1.165, 1.54) is 11.3 Å². The molecule has 0 spiro atoms. The lowest BCUT2D eigenvalue weighted by Gasteiger charge is -1.86. The molecule has 12 heavy (non-hydrogen) atoms. The molecular weight excluding hydrogens is 240 g/mol. The van der Waals surface area contributed by atoms with Gasteiger partial charge in [0, 0.05) is 12.4 Å². The normalized spacial score (nSPS) is 10.4. The summed E-state index contributed by atoms with van der Waals surface area (Å²) in [5.74, 6) is 0. The van der Waals surface area contributed by atoms with Gasteiger partial charge in [0.1, 0.15) is 11.0 Å². The summed E-state index contributed by atoms with van der Waals surface area (Å²) in [6.45, 7) is 0. The fourth-order valence-corrected chi connectivity index (χ4v) is 2.48. The lowest BCUT2D eigenvalue weighted by Crippen LogP contribution is -1.80. The molecule has 0 saturated carbocycles. The largest absolute Gasteiger partial charge is 0.297 e. The first kappa shape index (κ1) is 7.82. The van der Waals surface area contributed by atoms with Crippen molar-refractivity contribution in [2.45, 2.75) is 0 Å². The first-order chi connectivity index (χ1) is 5.83. The first-order valence-electron chi connectivity index (χ1n) is 3.17. The Morgan fingerprint density at radius 1 is 1.33 bits per heavy atom. The number of halogens is 1. The van der Waals surface area contributed by atoms with E-state index in [0.717, 1.165) is 15.6 Å². The fourth-order valence-electron chi connectivity index (χ4n) is 0.935. The van der Waals surface area contributed by atoms with Gasteiger partial charge in [0.15, 0.2) is 6.29 Å². The molecule has 0 bridgehead atoms. The molecule has 2 aromatic rings. The van der Waals surface area contributed by atoms with Crippen molar-refractivity contribution in [1.82, 2.24) is 9.97 Å². The summed E-state index contributed by atoms with van der Waals surface area (Å²) in [4.78, 5) is 19.3. The van der Waals surface area contributed by atoms with Crippen LogP contribution in [0, 0.1) is 0 Å². The van der Waals surface area contributed by atoms with Crippen LogP contribution in [-0.4, -0.2) is 16.3 Å². The summed E-state index contributed by atoms with van der Waals surface area (Å²) in [7, 11) is 0. The molecule has 2 aromatic heterocycles. The van der Waals surface area contributed by atoms with Crippen LogP contribution < -0.4 is 0 Å². The van der Waals surface area contributed by atoms with Crippen LogP contribution in [0.25, 0.3) is 11.0 Å². The van der Waals surface area contributed by atoms with Gasteiger partial charge >= 0.3 is 0 Å². The highest BCUT2D eigenvalue weighted by Gasteiger charge is 2.09. The third-order valence-corrected chi connectivity index (χ3v) is 3.17. The molecule has 0 amide bonds. The third kappa shape index (κ3) is 1.05. The zero-order valence-corrected chi connectivity index (χ0v) is 8.22. The Hall–Kier alpha value is -0.810. The lowest BCUT2D eigenvalue weighted by atomic mass is 10.4. The molecule has 0 aromatic carbocycles. The number of thiophene rings is 1. The molecule has 0 radical (unpaired) electrons. The molecule has 0 unspecified atom stereocenters. The summed E-state index contributed by atoms with van der Waals surface area (Å²) in [6, 6.07) is 0. The van der Waals surface area contributed by atoms with Gasteiger partial charge in [0.05, 0.1) is 8.66 Å². The molecule has 0 fully saturated rings. The quantitative estimate of drug-likeness (QED) is 0.721. The molecular formula is C7H3BrN2OS. The Labute approximate surface area is 80.6 Å². The van der Waals surface area contributed by atoms with E-state index in [1.807, 2.05) is 0 Å². The fraction of sp³-hybridized carbons (Fsp3) is 0. The zero-order chi connectivity index (χ0) is 8.55. The number of hydrogen-bond acceptors (Lipinski definition) is 4. The van der Waals surface area contributed by atoms with E-state index in [1.54, 1.807) is 12.4 Å². The second-order valence-corrected chi connectivity index (χ2v) is 4.48. The van der Waals surface area contributed by atoms with Crippen LogP contribution in [0.15, 0.2) is 16.2 Å². The van der Waals surface area contributed by atoms with E-state index >= 15 is 0 Å². The maximum Gasteiger partial charge on any atom is 0.162 e. The van der Waals surface area contributed by atoms with Gasteiger partial charge in [-0.3, -0.25) is 14.8 Å². The Balaban J connectivity index is 2.91. The van der Waals surface area contributed by atoms with Gasteiger partial charge in [0.25, 0.3) is 0 Å². The van der Waals surface area contributed by atoms with E-state index in [4.69, 9.17) is 0 Å². The molecule has 0 aliphatic carbocycles. The molecule has 60 valence electrons. The third-order valence-electron chi connectivity index (χ3n) is 1.42. The highest BCUT2D eigenvalue weighted by molar-refractivity contribution is 9.11. The van der Waals surface area contributed by atoms with Crippen LogP contribution in [0.1, 0.15) is 9.67 Å². The maximum absolute atomic E-state index is 10.6. The van der Waals surface area contributed by atoms with Crippen molar-refractivity contribution in [1.29, 1.82) is 0 Å². The predicted octanol–water partition coefficient (Wildman–Crippen LogP) is 2.27. The smallest absolute Gasteiger partial charge is 0.162 e. The number of carbonyl (C=O) groups excluding carboxylic acids is 1. The second-order valence-electron chi connectivity index (χ2n) is 2.11. The van der Waals surface area contributed by atoms with E-state index in [9.17, 15) is 4.79 Å². The molecule has 0 aliphatic rings. The molecule has 0 N–H and O–H groups in total. The standard InChI is InChI=1S/C7H3BrN2OS/c8-7-6-5(4(3-11)12-7)9-1-2-10-6/h1-3H. The lowest BCUT2D eigenvalue weighted by molar-refractivity contribution is 0.112. The van der Waals surface area contributed by atoms with Gasteiger partial charge in [-0.15, -0.1) is 11.3 Å². The summed E-state index contributed by atoms with van der Waals surface area (Å²) in [6.07, 6.45) is 3.98. The molecule has 0 atom stereocenters. The van der Waals surface area contributed by atoms with Crippen LogP contribution in [0.4, 0.5) is 0 Å². The number of nitrogens with zero attached hydrogens (tertiary/aromatic N) is 2. The number of fused-ring (bicyclic) bond motifs is 1. The van der Waals surface area contributed by atoms with Gasteiger partial charge in [-0.05, 0) is 15.9 Å². The highest BCUT2D eigenvalue weighted by atomic mass is 79.9. The highest BCUT2D eigenvalue weighted by Crippen LogP contribution is 2.31. The summed E-state index contributed by atoms with van der Waals surface area (Å²) in [5.41, 5.74) is 1.42. The van der Waals surface area contributed by atoms with Crippen molar-refractivity contribution in [2.24, 2.45) is 0 Å². The Bertz CT molecular complexity index is 440. The zero-order valence-electron chi connectivity index (χ0n) is 5.82. The molecule has 3 nitrogen and oxygen atoms in total. The van der Waals surface area contributed by atoms with Crippen LogP contribution >= 0.6 is 27.3 Å². The van der Waals surface area contributed by atoms with Crippen LogP contribution in [-0.2, 0) is 0 Å². The van der Waals surface area contributed by atoms with Crippen molar-refractivity contribution in [3.8, 4) is 0 Å². The summed E-state index contributed by atoms with van der Waals surface area (Å²) in [5, 5.41) is 0. The first-order valence-corrected chi connectivity index (χ1v) is 4.78. The van der Waals surface area contributed by atoms with Crippen molar-refractivity contribution in [3.63, 3.8) is 0 Å². The Kier molecular flexibility index (Phi) is 1.90. The monoisotopic (exact) mass is 242 g/mol. The van der Waals surface area contributed by atoms with Crippen molar-refractivity contribution < 1.29 is 4.79 Å². The van der Waals surface area contributed by atoms with Gasteiger partial charge < -0.3 is 0 Å². The van der Waals surface area contributed by atoms with Gasteiger partial charge in [-0.1, -0.05) is 0 Å². The minimum Gasteiger partial charge on any atom is -0.297 e. The van der Waals surface area contributed by atoms with Gasteiger partial charge in [-0.2, -0.15) is 0 Å². The van der Waals surface area contributed by atoms with E-state index in [2.05, 4.69) is 25.9 Å². The molecule has 5 heteroatoms. The molecule has 2 rings (SSSR count). The van der Waals surface area contributed by atoms with Crippen LogP contribution in [0.5, 0.6) is 0 Å². The average molecular weight is 243 g/mol. The molecule has 2 heterocycles.